The van der Waals surface area contributed by atoms with E-state index in [4.69, 9.17) is 9.15 Å². The number of likely N-dealkylation sites (N-methyl/N-ethyl adjacent to an activating group) is 1. The fourth-order valence-corrected chi connectivity index (χ4v) is 3.01. The van der Waals surface area contributed by atoms with Crippen molar-refractivity contribution in [2.45, 2.75) is 26.8 Å². The van der Waals surface area contributed by atoms with Crippen molar-refractivity contribution in [2.75, 3.05) is 13.2 Å². The number of ether oxygens (including phenoxy) is 1. The first kappa shape index (κ1) is 18.7. The molecular weight excluding hydrogens is 342 g/mol. The van der Waals surface area contributed by atoms with E-state index in [-0.39, 0.29) is 18.1 Å². The highest BCUT2D eigenvalue weighted by molar-refractivity contribution is 5.82. The zero-order valence-electron chi connectivity index (χ0n) is 15.6. The summed E-state index contributed by atoms with van der Waals surface area (Å²) < 4.78 is 10.9. The maximum atomic E-state index is 12.5. The molecule has 1 heterocycles. The van der Waals surface area contributed by atoms with E-state index in [0.717, 1.165) is 22.9 Å². The van der Waals surface area contributed by atoms with Crippen LogP contribution in [-0.2, 0) is 17.8 Å². The lowest BCUT2D eigenvalue weighted by molar-refractivity contribution is -0.133. The standard InChI is InChI=1S/C22H23NO4/c1-3-17-12-22(25)27-20-13-18(10-11-19(17)20)26-15-21(24)23(4-2)14-16-8-6-5-7-9-16/h5-13H,3-4,14-15H2,1-2H3. The molecule has 0 aliphatic rings. The molecule has 0 unspecified atom stereocenters. The monoisotopic (exact) mass is 365 g/mol. The number of fused-ring (bicyclic) bond motifs is 1. The van der Waals surface area contributed by atoms with E-state index in [2.05, 4.69) is 0 Å². The predicted molar refractivity (Wildman–Crippen MR) is 105 cm³/mol. The Hall–Kier alpha value is -3.08. The van der Waals surface area contributed by atoms with Gasteiger partial charge in [0.15, 0.2) is 6.61 Å². The van der Waals surface area contributed by atoms with Crippen LogP contribution in [0.1, 0.15) is 25.0 Å². The number of rotatable bonds is 7. The minimum atomic E-state index is -0.382. The Labute approximate surface area is 158 Å². The molecule has 27 heavy (non-hydrogen) atoms. The third-order valence-electron chi connectivity index (χ3n) is 4.50. The number of aryl methyl sites for hydroxylation is 1. The number of nitrogens with zero attached hydrogens (tertiary/aromatic N) is 1. The molecule has 0 aliphatic heterocycles. The molecule has 0 bridgehead atoms. The van der Waals surface area contributed by atoms with Crippen molar-refractivity contribution in [1.29, 1.82) is 0 Å². The quantitative estimate of drug-likeness (QED) is 0.598. The fourth-order valence-electron chi connectivity index (χ4n) is 3.01. The second kappa shape index (κ2) is 8.54. The Kier molecular flexibility index (Phi) is 5.91. The van der Waals surface area contributed by atoms with E-state index in [9.17, 15) is 9.59 Å². The summed E-state index contributed by atoms with van der Waals surface area (Å²) in [5.41, 5.74) is 2.10. The SMILES string of the molecule is CCc1cc(=O)oc2cc(OCC(=O)N(CC)Cc3ccccc3)ccc12. The lowest BCUT2D eigenvalue weighted by atomic mass is 10.1. The van der Waals surface area contributed by atoms with E-state index >= 15 is 0 Å². The van der Waals surface area contributed by atoms with Crippen molar-refractivity contribution in [2.24, 2.45) is 0 Å². The molecule has 0 radical (unpaired) electrons. The van der Waals surface area contributed by atoms with Crippen molar-refractivity contribution >= 4 is 16.9 Å². The summed E-state index contributed by atoms with van der Waals surface area (Å²) in [6, 6.07) is 16.7. The molecule has 5 heteroatoms. The molecule has 0 fully saturated rings. The van der Waals surface area contributed by atoms with Crippen molar-refractivity contribution in [3.63, 3.8) is 0 Å². The van der Waals surface area contributed by atoms with Gasteiger partial charge >= 0.3 is 5.63 Å². The van der Waals surface area contributed by atoms with Gasteiger partial charge in [0.1, 0.15) is 11.3 Å². The van der Waals surface area contributed by atoms with Crippen molar-refractivity contribution in [3.8, 4) is 5.75 Å². The zero-order valence-corrected chi connectivity index (χ0v) is 15.6. The average Bonchev–Trinajstić information content (AvgIpc) is 2.70. The molecule has 140 valence electrons. The van der Waals surface area contributed by atoms with Gasteiger partial charge < -0.3 is 14.1 Å². The maximum Gasteiger partial charge on any atom is 0.336 e. The lowest BCUT2D eigenvalue weighted by Crippen LogP contribution is -2.34. The van der Waals surface area contributed by atoms with Gasteiger partial charge in [-0.3, -0.25) is 4.79 Å². The number of benzene rings is 2. The van der Waals surface area contributed by atoms with Gasteiger partial charge in [-0.25, -0.2) is 4.79 Å². The summed E-state index contributed by atoms with van der Waals surface area (Å²) in [6.45, 7) is 5.01. The number of hydrogen-bond acceptors (Lipinski definition) is 4. The molecule has 3 aromatic rings. The van der Waals surface area contributed by atoms with Gasteiger partial charge in [-0.1, -0.05) is 37.3 Å². The summed E-state index contributed by atoms with van der Waals surface area (Å²) >= 11 is 0. The summed E-state index contributed by atoms with van der Waals surface area (Å²) in [5, 5.41) is 0.884. The van der Waals surface area contributed by atoms with Crippen LogP contribution < -0.4 is 10.4 Å². The summed E-state index contributed by atoms with van der Waals surface area (Å²) in [7, 11) is 0. The van der Waals surface area contributed by atoms with Crippen LogP contribution in [0.5, 0.6) is 5.75 Å². The second-order valence-corrected chi connectivity index (χ2v) is 6.28. The molecule has 1 amide bonds. The highest BCUT2D eigenvalue weighted by Crippen LogP contribution is 2.23. The summed E-state index contributed by atoms with van der Waals surface area (Å²) in [4.78, 5) is 25.9. The van der Waals surface area contributed by atoms with Crippen LogP contribution in [0.25, 0.3) is 11.0 Å². The first-order chi connectivity index (χ1) is 13.1. The van der Waals surface area contributed by atoms with Crippen molar-refractivity contribution in [3.05, 3.63) is 76.1 Å². The molecule has 0 saturated carbocycles. The summed E-state index contributed by atoms with van der Waals surface area (Å²) in [6.07, 6.45) is 0.742. The largest absolute Gasteiger partial charge is 0.484 e. The topological polar surface area (TPSA) is 59.8 Å². The van der Waals surface area contributed by atoms with Crippen molar-refractivity contribution in [1.82, 2.24) is 4.90 Å². The third-order valence-corrected chi connectivity index (χ3v) is 4.50. The van der Waals surface area contributed by atoms with Crippen LogP contribution in [0.2, 0.25) is 0 Å². The third kappa shape index (κ3) is 4.56. The van der Waals surface area contributed by atoms with E-state index in [0.29, 0.717) is 24.4 Å². The first-order valence-electron chi connectivity index (χ1n) is 9.12. The predicted octanol–water partition coefficient (Wildman–Crippen LogP) is 3.78. The fraction of sp³-hybridized carbons (Fsp3) is 0.273. The van der Waals surface area contributed by atoms with Gasteiger partial charge in [0.2, 0.25) is 0 Å². The van der Waals surface area contributed by atoms with E-state index in [1.165, 1.54) is 6.07 Å². The molecule has 2 aromatic carbocycles. The summed E-state index contributed by atoms with van der Waals surface area (Å²) in [5.74, 6) is 0.410. The van der Waals surface area contributed by atoms with Crippen LogP contribution in [0.4, 0.5) is 0 Å². The van der Waals surface area contributed by atoms with E-state index in [1.54, 1.807) is 17.0 Å². The molecule has 0 spiro atoms. The average molecular weight is 365 g/mol. The Balaban J connectivity index is 1.69. The van der Waals surface area contributed by atoms with Gasteiger partial charge in [-0.15, -0.1) is 0 Å². The van der Waals surface area contributed by atoms with Gasteiger partial charge in [0.05, 0.1) is 0 Å². The van der Waals surface area contributed by atoms with Crippen LogP contribution in [-0.4, -0.2) is 24.0 Å². The van der Waals surface area contributed by atoms with E-state index < -0.39 is 0 Å². The maximum absolute atomic E-state index is 12.5. The zero-order chi connectivity index (χ0) is 19.2. The molecule has 3 rings (SSSR count). The molecule has 0 N–H and O–H groups in total. The minimum Gasteiger partial charge on any atom is -0.484 e. The Morgan fingerprint density at radius 1 is 1.07 bits per heavy atom. The van der Waals surface area contributed by atoms with Gasteiger partial charge in [0, 0.05) is 30.6 Å². The lowest BCUT2D eigenvalue weighted by Gasteiger charge is -2.21. The Bertz CT molecular complexity index is 979. The van der Waals surface area contributed by atoms with Gasteiger partial charge in [-0.2, -0.15) is 0 Å². The smallest absolute Gasteiger partial charge is 0.336 e. The molecule has 0 atom stereocenters. The van der Waals surface area contributed by atoms with Crippen LogP contribution in [0, 0.1) is 0 Å². The number of hydrogen-bond donors (Lipinski definition) is 0. The second-order valence-electron chi connectivity index (χ2n) is 6.28. The van der Waals surface area contributed by atoms with Crippen LogP contribution >= 0.6 is 0 Å². The van der Waals surface area contributed by atoms with Crippen molar-refractivity contribution < 1.29 is 13.9 Å². The van der Waals surface area contributed by atoms with Crippen LogP contribution in [0.3, 0.4) is 0 Å². The first-order valence-corrected chi connectivity index (χ1v) is 9.12. The molecular formula is C22H23NO4. The van der Waals surface area contributed by atoms with Gasteiger partial charge in [0.25, 0.3) is 5.91 Å². The Morgan fingerprint density at radius 2 is 1.85 bits per heavy atom. The molecule has 0 aliphatic carbocycles. The number of carbonyl (C=O) groups excluding carboxylic acids is 1. The number of carbonyl (C=O) groups is 1. The minimum absolute atomic E-state index is 0.0656. The highest BCUT2D eigenvalue weighted by atomic mass is 16.5. The highest BCUT2D eigenvalue weighted by Gasteiger charge is 2.13. The molecule has 1 aromatic heterocycles. The molecule has 5 nitrogen and oxygen atoms in total. The van der Waals surface area contributed by atoms with Crippen LogP contribution in [0.15, 0.2) is 63.8 Å². The molecule has 0 saturated heterocycles. The van der Waals surface area contributed by atoms with E-state index in [1.807, 2.05) is 50.2 Å². The van der Waals surface area contributed by atoms with Gasteiger partial charge in [-0.05, 0) is 36.6 Å². The Morgan fingerprint density at radius 3 is 2.56 bits per heavy atom. The number of amides is 1. The normalized spacial score (nSPS) is 10.7.